The zero-order valence-electron chi connectivity index (χ0n) is 30.0. The maximum atomic E-state index is 13.7. The van der Waals surface area contributed by atoms with Gasteiger partial charge in [0.05, 0.1) is 13.2 Å². The summed E-state index contributed by atoms with van der Waals surface area (Å²) in [4.78, 5) is 69.5. The Hall–Kier alpha value is -4.32. The molecule has 4 rings (SSSR count). The molecule has 51 heavy (non-hydrogen) atoms. The van der Waals surface area contributed by atoms with Gasteiger partial charge in [0.2, 0.25) is 11.8 Å². The number of methoxy groups -OCH3 is 1. The van der Waals surface area contributed by atoms with Gasteiger partial charge >= 0.3 is 18.2 Å². The minimum absolute atomic E-state index is 0.0190. The topological polar surface area (TPSA) is 144 Å². The fourth-order valence-corrected chi connectivity index (χ4v) is 6.76. The van der Waals surface area contributed by atoms with Gasteiger partial charge in [0.1, 0.15) is 24.3 Å². The molecule has 4 amide bonds. The van der Waals surface area contributed by atoms with Crippen LogP contribution in [0.25, 0.3) is 0 Å². The van der Waals surface area contributed by atoms with Gasteiger partial charge in [0.25, 0.3) is 0 Å². The molecule has 278 valence electrons. The molecule has 3 unspecified atom stereocenters. The van der Waals surface area contributed by atoms with Crippen molar-refractivity contribution in [3.8, 4) is 0 Å². The van der Waals surface area contributed by atoms with Gasteiger partial charge in [-0.3, -0.25) is 14.5 Å². The van der Waals surface area contributed by atoms with Crippen LogP contribution < -0.4 is 10.6 Å². The number of hydrogen-bond acceptors (Lipinski definition) is 8. The highest BCUT2D eigenvalue weighted by Gasteiger charge is 2.37. The van der Waals surface area contributed by atoms with Gasteiger partial charge in [-0.25, -0.2) is 14.4 Å². The van der Waals surface area contributed by atoms with Crippen molar-refractivity contribution in [3.63, 3.8) is 0 Å². The zero-order valence-corrected chi connectivity index (χ0v) is 30.8. The van der Waals surface area contributed by atoms with Crippen LogP contribution in [0.15, 0.2) is 54.6 Å². The van der Waals surface area contributed by atoms with Gasteiger partial charge in [-0.05, 0) is 62.8 Å². The van der Waals surface area contributed by atoms with E-state index >= 15 is 0 Å². The number of carbonyl (C=O) groups excluding carboxylic acids is 5. The molecule has 1 heterocycles. The average Bonchev–Trinajstić information content (AvgIpc) is 3.11. The number of halogens is 1. The highest BCUT2D eigenvalue weighted by Crippen LogP contribution is 2.29. The smallest absolute Gasteiger partial charge is 0.410 e. The Balaban J connectivity index is 1.40. The molecule has 0 radical (unpaired) electrons. The maximum absolute atomic E-state index is 13.7. The number of amides is 4. The molecule has 3 atom stereocenters. The monoisotopic (exact) mass is 726 g/mol. The molecule has 0 aromatic heterocycles. The summed E-state index contributed by atoms with van der Waals surface area (Å²) < 4.78 is 16.1. The van der Waals surface area contributed by atoms with Crippen LogP contribution in [0.5, 0.6) is 0 Å². The van der Waals surface area contributed by atoms with Crippen molar-refractivity contribution in [2.45, 2.75) is 102 Å². The lowest BCUT2D eigenvalue weighted by Gasteiger charge is -2.42. The van der Waals surface area contributed by atoms with Crippen molar-refractivity contribution in [2.75, 3.05) is 26.7 Å². The van der Waals surface area contributed by atoms with Crippen molar-refractivity contribution in [3.05, 3.63) is 70.7 Å². The lowest BCUT2D eigenvalue weighted by Crippen LogP contribution is -2.54. The van der Waals surface area contributed by atoms with Gasteiger partial charge in [0, 0.05) is 31.1 Å². The number of hydrogen-bond donors (Lipinski definition) is 2. The SMILES string of the molecule is COC(=O)C(CCC(=O)N1CCN(C(=O)OC(C)(C)C)C(c2ccccc2)C1)NC(=O)C(CC1CCCCC1)NC(=O)OCc1cccc(Cl)c1. The van der Waals surface area contributed by atoms with Crippen LogP contribution in [-0.4, -0.2) is 84.2 Å². The largest absolute Gasteiger partial charge is 0.467 e. The summed E-state index contributed by atoms with van der Waals surface area (Å²) in [7, 11) is 1.22. The van der Waals surface area contributed by atoms with Crippen LogP contribution in [0.1, 0.15) is 89.3 Å². The second-order valence-electron chi connectivity index (χ2n) is 14.2. The summed E-state index contributed by atoms with van der Waals surface area (Å²) >= 11 is 6.05. The highest BCUT2D eigenvalue weighted by molar-refractivity contribution is 6.30. The van der Waals surface area contributed by atoms with Crippen molar-refractivity contribution >= 4 is 41.6 Å². The molecule has 1 saturated heterocycles. The molecule has 2 N–H and O–H groups in total. The van der Waals surface area contributed by atoms with Crippen molar-refractivity contribution < 1.29 is 38.2 Å². The fraction of sp³-hybridized carbons (Fsp3) is 0.553. The minimum atomic E-state index is -1.13. The number of alkyl carbamates (subject to hydrolysis) is 1. The van der Waals surface area contributed by atoms with Crippen molar-refractivity contribution in [2.24, 2.45) is 5.92 Å². The van der Waals surface area contributed by atoms with E-state index in [0.29, 0.717) is 17.0 Å². The number of piperazine rings is 1. The second kappa shape index (κ2) is 18.8. The van der Waals surface area contributed by atoms with Crippen LogP contribution in [0.2, 0.25) is 5.02 Å². The van der Waals surface area contributed by atoms with E-state index in [1.54, 1.807) is 54.8 Å². The van der Waals surface area contributed by atoms with E-state index in [9.17, 15) is 24.0 Å². The third kappa shape index (κ3) is 12.4. The standard InChI is InChI=1S/C38H51ClN4O8/c1-38(2,3)51-37(48)43-21-20-42(24-32(43)28-15-9-6-10-16-28)33(44)19-18-30(35(46)49-4)40-34(45)31(23-26-12-7-5-8-13-26)41-36(47)50-25-27-14-11-17-29(39)22-27/h6,9-11,14-17,22,26,30-32H,5,7-8,12-13,18-21,23-25H2,1-4H3,(H,40,45)(H,41,47). The minimum Gasteiger partial charge on any atom is -0.467 e. The zero-order chi connectivity index (χ0) is 37.0. The molecule has 1 aliphatic heterocycles. The van der Waals surface area contributed by atoms with Crippen LogP contribution in [0.3, 0.4) is 0 Å². The normalized spacial score (nSPS) is 17.9. The molecule has 1 saturated carbocycles. The van der Waals surface area contributed by atoms with Crippen LogP contribution in [-0.2, 0) is 35.2 Å². The Morgan fingerprint density at radius 1 is 0.922 bits per heavy atom. The Morgan fingerprint density at radius 2 is 1.65 bits per heavy atom. The van der Waals surface area contributed by atoms with E-state index in [2.05, 4.69) is 10.6 Å². The number of nitrogens with zero attached hydrogens (tertiary/aromatic N) is 2. The van der Waals surface area contributed by atoms with E-state index in [0.717, 1.165) is 37.7 Å². The lowest BCUT2D eigenvalue weighted by molar-refractivity contribution is -0.146. The van der Waals surface area contributed by atoms with Gasteiger partial charge in [0.15, 0.2) is 0 Å². The quantitative estimate of drug-likeness (QED) is 0.196. The molecule has 0 bridgehead atoms. The van der Waals surface area contributed by atoms with Crippen LogP contribution >= 0.6 is 11.6 Å². The van der Waals surface area contributed by atoms with Crippen LogP contribution in [0, 0.1) is 5.92 Å². The first kappa shape index (κ1) is 39.5. The first-order chi connectivity index (χ1) is 24.3. The molecule has 1 aliphatic carbocycles. The Morgan fingerprint density at radius 3 is 2.31 bits per heavy atom. The Labute approximate surface area is 305 Å². The lowest BCUT2D eigenvalue weighted by atomic mass is 9.84. The summed E-state index contributed by atoms with van der Waals surface area (Å²) in [5, 5.41) is 5.95. The van der Waals surface area contributed by atoms with Gasteiger partial charge < -0.3 is 29.7 Å². The second-order valence-corrected chi connectivity index (χ2v) is 14.6. The Bertz CT molecular complexity index is 1490. The first-order valence-electron chi connectivity index (χ1n) is 17.7. The van der Waals surface area contributed by atoms with Gasteiger partial charge in [-0.15, -0.1) is 0 Å². The summed E-state index contributed by atoms with van der Waals surface area (Å²) in [6.07, 6.45) is 4.16. The molecule has 13 heteroatoms. The van der Waals surface area contributed by atoms with E-state index in [1.807, 2.05) is 30.3 Å². The van der Waals surface area contributed by atoms with Crippen molar-refractivity contribution in [1.82, 2.24) is 20.4 Å². The average molecular weight is 727 g/mol. The van der Waals surface area contributed by atoms with E-state index in [1.165, 1.54) is 7.11 Å². The predicted molar refractivity (Wildman–Crippen MR) is 192 cm³/mol. The summed E-state index contributed by atoms with van der Waals surface area (Å²) in [6, 6.07) is 13.9. The first-order valence-corrected chi connectivity index (χ1v) is 18.1. The number of benzene rings is 2. The van der Waals surface area contributed by atoms with E-state index < -0.39 is 47.8 Å². The maximum Gasteiger partial charge on any atom is 0.410 e. The van der Waals surface area contributed by atoms with Gasteiger partial charge in [-0.2, -0.15) is 0 Å². The van der Waals surface area contributed by atoms with Crippen molar-refractivity contribution in [1.29, 1.82) is 0 Å². The van der Waals surface area contributed by atoms with Crippen LogP contribution in [0.4, 0.5) is 9.59 Å². The summed E-state index contributed by atoms with van der Waals surface area (Å²) in [5.41, 5.74) is 0.881. The van der Waals surface area contributed by atoms with E-state index in [4.69, 9.17) is 25.8 Å². The molecule has 0 spiro atoms. The highest BCUT2D eigenvalue weighted by atomic mass is 35.5. The molecule has 12 nitrogen and oxygen atoms in total. The number of ether oxygens (including phenoxy) is 3. The summed E-state index contributed by atoms with van der Waals surface area (Å²) in [6.45, 7) is 6.17. The molecule has 2 aromatic rings. The summed E-state index contributed by atoms with van der Waals surface area (Å²) in [5.74, 6) is -1.27. The number of rotatable bonds is 12. The van der Waals surface area contributed by atoms with Gasteiger partial charge in [-0.1, -0.05) is 86.2 Å². The molecular weight excluding hydrogens is 676 g/mol. The molecular formula is C38H51ClN4O8. The fourth-order valence-electron chi connectivity index (χ4n) is 6.55. The van der Waals surface area contributed by atoms with E-state index in [-0.39, 0.29) is 50.9 Å². The number of nitrogens with one attached hydrogen (secondary N) is 2. The molecule has 2 aliphatic rings. The molecule has 2 aromatic carbocycles. The predicted octanol–water partition coefficient (Wildman–Crippen LogP) is 6.16. The number of carbonyl (C=O) groups is 5. The number of esters is 1. The third-order valence-electron chi connectivity index (χ3n) is 9.16. The Kier molecular flexibility index (Phi) is 14.5. The third-order valence-corrected chi connectivity index (χ3v) is 9.39. The molecule has 2 fully saturated rings.